The first-order chi connectivity index (χ1) is 16.9. The third-order valence-electron chi connectivity index (χ3n) is 8.39. The third kappa shape index (κ3) is 6.83. The fourth-order valence-corrected chi connectivity index (χ4v) is 6.24. The molecule has 1 aromatic rings. The van der Waals surface area contributed by atoms with Crippen molar-refractivity contribution in [2.45, 2.75) is 83.5 Å². The van der Waals surface area contributed by atoms with Gasteiger partial charge in [-0.05, 0) is 75.0 Å². The second-order valence-corrected chi connectivity index (χ2v) is 10.9. The monoisotopic (exact) mass is 484 g/mol. The van der Waals surface area contributed by atoms with Gasteiger partial charge in [-0.1, -0.05) is 30.7 Å². The van der Waals surface area contributed by atoms with E-state index in [0.717, 1.165) is 51.9 Å². The molecule has 2 amide bonds. The molecule has 2 heterocycles. The van der Waals surface area contributed by atoms with Crippen molar-refractivity contribution < 1.29 is 14.3 Å². The molecule has 1 saturated carbocycles. The first kappa shape index (κ1) is 26.1. The molecule has 2 aliphatic heterocycles. The number of hydrogen-bond acceptors (Lipinski definition) is 5. The highest BCUT2D eigenvalue weighted by Crippen LogP contribution is 2.29. The summed E-state index contributed by atoms with van der Waals surface area (Å²) in [6, 6.07) is 8.20. The van der Waals surface area contributed by atoms with Gasteiger partial charge in [-0.2, -0.15) is 0 Å². The van der Waals surface area contributed by atoms with Gasteiger partial charge in [0.05, 0.1) is 6.10 Å². The Morgan fingerprint density at radius 3 is 2.66 bits per heavy atom. The van der Waals surface area contributed by atoms with E-state index in [-0.39, 0.29) is 24.0 Å². The molecule has 35 heavy (non-hydrogen) atoms. The van der Waals surface area contributed by atoms with Crippen LogP contribution in [0, 0.1) is 18.8 Å². The minimum atomic E-state index is -0.407. The predicted molar refractivity (Wildman–Crippen MR) is 138 cm³/mol. The molecule has 5 atom stereocenters. The molecule has 2 saturated heterocycles. The number of nitrogens with zero attached hydrogens (tertiary/aromatic N) is 2. The molecule has 1 aliphatic carbocycles. The van der Waals surface area contributed by atoms with Crippen LogP contribution in [-0.4, -0.2) is 72.6 Å². The highest BCUT2D eigenvalue weighted by Gasteiger charge is 2.41. The Morgan fingerprint density at radius 1 is 1.14 bits per heavy atom. The molecule has 194 valence electrons. The number of benzene rings is 1. The summed E-state index contributed by atoms with van der Waals surface area (Å²) in [4.78, 5) is 30.1. The van der Waals surface area contributed by atoms with E-state index in [0.29, 0.717) is 31.3 Å². The van der Waals surface area contributed by atoms with Gasteiger partial charge in [-0.15, -0.1) is 0 Å². The van der Waals surface area contributed by atoms with Gasteiger partial charge in [0.1, 0.15) is 6.04 Å². The smallest absolute Gasteiger partial charge is 0.242 e. The molecule has 0 spiro atoms. The summed E-state index contributed by atoms with van der Waals surface area (Å²) in [6.07, 6.45) is 7.68. The Bertz CT molecular complexity index is 856. The average molecular weight is 485 g/mol. The van der Waals surface area contributed by atoms with Crippen molar-refractivity contribution in [3.63, 3.8) is 0 Å². The van der Waals surface area contributed by atoms with Crippen LogP contribution in [0.4, 0.5) is 0 Å². The van der Waals surface area contributed by atoms with E-state index in [4.69, 9.17) is 10.5 Å². The van der Waals surface area contributed by atoms with Crippen LogP contribution in [0.25, 0.3) is 0 Å². The molecule has 7 heteroatoms. The molecule has 5 unspecified atom stereocenters. The Kier molecular flexibility index (Phi) is 9.20. The van der Waals surface area contributed by atoms with Gasteiger partial charge in [0.25, 0.3) is 0 Å². The number of aryl methyl sites for hydroxylation is 1. The summed E-state index contributed by atoms with van der Waals surface area (Å²) < 4.78 is 5.97. The fraction of sp³-hybridized carbons (Fsp3) is 0.714. The Hall–Kier alpha value is -1.96. The average Bonchev–Trinajstić information content (AvgIpc) is 3.54. The van der Waals surface area contributed by atoms with Crippen molar-refractivity contribution in [2.75, 3.05) is 32.8 Å². The van der Waals surface area contributed by atoms with Crippen molar-refractivity contribution in [3.8, 4) is 0 Å². The van der Waals surface area contributed by atoms with E-state index in [1.54, 1.807) is 11.8 Å². The molecule has 0 radical (unpaired) electrons. The quantitative estimate of drug-likeness (QED) is 0.563. The lowest BCUT2D eigenvalue weighted by atomic mass is 9.81. The number of carbonyl (C=O) groups excluding carboxylic acids is 2. The normalized spacial score (nSPS) is 29.0. The zero-order valence-electron chi connectivity index (χ0n) is 21.6. The maximum atomic E-state index is 13.3. The van der Waals surface area contributed by atoms with E-state index in [1.807, 2.05) is 0 Å². The fourth-order valence-electron chi connectivity index (χ4n) is 6.24. The Labute approximate surface area is 210 Å². The summed E-state index contributed by atoms with van der Waals surface area (Å²) in [5, 5.41) is 3.20. The SMILES string of the molecule is CC(=O)N1CC(N(Cc2ccccc2C)CC2CCCO2)CC1C(=O)NCC1CCCC(CN)C1. The van der Waals surface area contributed by atoms with Crippen LogP contribution in [0.2, 0.25) is 0 Å². The molecule has 3 aliphatic rings. The zero-order chi connectivity index (χ0) is 24.8. The number of ether oxygens (including phenoxy) is 1. The van der Waals surface area contributed by atoms with Crippen molar-refractivity contribution in [3.05, 3.63) is 35.4 Å². The Balaban J connectivity index is 1.43. The molecule has 0 aromatic heterocycles. The largest absolute Gasteiger partial charge is 0.377 e. The predicted octanol–water partition coefficient (Wildman–Crippen LogP) is 2.85. The van der Waals surface area contributed by atoms with E-state index < -0.39 is 6.04 Å². The highest BCUT2D eigenvalue weighted by atomic mass is 16.5. The van der Waals surface area contributed by atoms with Crippen LogP contribution >= 0.6 is 0 Å². The second-order valence-electron chi connectivity index (χ2n) is 10.9. The number of carbonyl (C=O) groups is 2. The number of hydrogen-bond donors (Lipinski definition) is 2. The van der Waals surface area contributed by atoms with Crippen LogP contribution in [0.3, 0.4) is 0 Å². The highest BCUT2D eigenvalue weighted by molar-refractivity contribution is 5.87. The van der Waals surface area contributed by atoms with Gasteiger partial charge in [0.2, 0.25) is 11.8 Å². The molecule has 4 rings (SSSR count). The molecule has 0 bridgehead atoms. The standard InChI is InChI=1S/C28H44N4O3/c1-20-7-3-4-10-24(20)17-31(19-26-11-6-12-35-26)25-14-27(32(18-25)21(2)33)28(34)30-16-23-9-5-8-22(13-23)15-29/h3-4,7,10,22-23,25-27H,5-6,8-9,11-19,29H2,1-2H3,(H,30,34). The van der Waals surface area contributed by atoms with Gasteiger partial charge in [0, 0.05) is 45.8 Å². The van der Waals surface area contributed by atoms with E-state index in [9.17, 15) is 9.59 Å². The van der Waals surface area contributed by atoms with Crippen molar-refractivity contribution in [2.24, 2.45) is 17.6 Å². The number of likely N-dealkylation sites (tertiary alicyclic amines) is 1. The molecular weight excluding hydrogens is 440 g/mol. The maximum absolute atomic E-state index is 13.3. The molecule has 3 fully saturated rings. The van der Waals surface area contributed by atoms with Gasteiger partial charge in [-0.3, -0.25) is 14.5 Å². The van der Waals surface area contributed by atoms with Crippen molar-refractivity contribution in [1.82, 2.24) is 15.1 Å². The molecule has 1 aromatic carbocycles. The first-order valence-electron chi connectivity index (χ1n) is 13.6. The van der Waals surface area contributed by atoms with Crippen LogP contribution in [0.5, 0.6) is 0 Å². The van der Waals surface area contributed by atoms with Crippen LogP contribution in [0.1, 0.15) is 63.0 Å². The minimum absolute atomic E-state index is 0.00877. The van der Waals surface area contributed by atoms with Crippen LogP contribution < -0.4 is 11.1 Å². The summed E-state index contributed by atoms with van der Waals surface area (Å²) in [5.41, 5.74) is 8.45. The van der Waals surface area contributed by atoms with Crippen molar-refractivity contribution >= 4 is 11.8 Å². The second kappa shape index (κ2) is 12.3. The van der Waals surface area contributed by atoms with Gasteiger partial charge >= 0.3 is 0 Å². The lowest BCUT2D eigenvalue weighted by Crippen LogP contribution is -2.46. The number of rotatable bonds is 9. The van der Waals surface area contributed by atoms with Gasteiger partial charge in [-0.25, -0.2) is 0 Å². The van der Waals surface area contributed by atoms with E-state index in [1.165, 1.54) is 24.0 Å². The lowest BCUT2D eigenvalue weighted by Gasteiger charge is -2.31. The van der Waals surface area contributed by atoms with Crippen LogP contribution in [0.15, 0.2) is 24.3 Å². The molecule has 3 N–H and O–H groups in total. The van der Waals surface area contributed by atoms with Crippen LogP contribution in [-0.2, 0) is 20.9 Å². The van der Waals surface area contributed by atoms with E-state index in [2.05, 4.69) is 41.4 Å². The summed E-state index contributed by atoms with van der Waals surface area (Å²) in [5.74, 6) is 1.02. The van der Waals surface area contributed by atoms with Crippen molar-refractivity contribution in [1.29, 1.82) is 0 Å². The minimum Gasteiger partial charge on any atom is -0.377 e. The maximum Gasteiger partial charge on any atom is 0.242 e. The number of nitrogens with one attached hydrogen (secondary N) is 1. The summed E-state index contributed by atoms with van der Waals surface area (Å²) in [7, 11) is 0. The summed E-state index contributed by atoms with van der Waals surface area (Å²) >= 11 is 0. The van der Waals surface area contributed by atoms with E-state index >= 15 is 0 Å². The third-order valence-corrected chi connectivity index (χ3v) is 8.39. The Morgan fingerprint density at radius 2 is 1.94 bits per heavy atom. The number of nitrogens with two attached hydrogens (primary N) is 1. The lowest BCUT2D eigenvalue weighted by molar-refractivity contribution is -0.137. The van der Waals surface area contributed by atoms with Gasteiger partial charge in [0.15, 0.2) is 0 Å². The zero-order valence-corrected chi connectivity index (χ0v) is 21.6. The number of amides is 2. The summed E-state index contributed by atoms with van der Waals surface area (Å²) in [6.45, 7) is 8.20. The van der Waals surface area contributed by atoms with Gasteiger partial charge < -0.3 is 20.7 Å². The topological polar surface area (TPSA) is 87.9 Å². The first-order valence-corrected chi connectivity index (χ1v) is 13.6. The molecular formula is C28H44N4O3. The molecule has 7 nitrogen and oxygen atoms in total.